The highest BCUT2D eigenvalue weighted by atomic mass is 79.9. The zero-order valence-corrected chi connectivity index (χ0v) is 22.5. The highest BCUT2D eigenvalue weighted by Gasteiger charge is 2.26. The van der Waals surface area contributed by atoms with Crippen molar-refractivity contribution in [3.05, 3.63) is 69.5 Å². The summed E-state index contributed by atoms with van der Waals surface area (Å²) in [6.45, 7) is 10.6. The van der Waals surface area contributed by atoms with E-state index in [4.69, 9.17) is 0 Å². The van der Waals surface area contributed by atoms with Crippen LogP contribution >= 0.6 is 27.7 Å². The highest BCUT2D eigenvalue weighted by Crippen LogP contribution is 2.27. The van der Waals surface area contributed by atoms with Crippen LogP contribution < -0.4 is 10.6 Å². The number of nitrogens with one attached hydrogen (secondary N) is 2. The van der Waals surface area contributed by atoms with Gasteiger partial charge in [-0.3, -0.25) is 9.59 Å². The molecule has 2 N–H and O–H groups in total. The number of thioether (sulfide) groups is 1. The first-order chi connectivity index (χ1) is 16.2. The number of carbonyl (C=O) groups excluding carboxylic acids is 2. The minimum absolute atomic E-state index is 0.103. The summed E-state index contributed by atoms with van der Waals surface area (Å²) in [5, 5.41) is 15.5. The normalized spacial score (nSPS) is 12.0. The van der Waals surface area contributed by atoms with Crippen LogP contribution in [0.3, 0.4) is 0 Å². The minimum Gasteiger partial charge on any atom is -0.342 e. The van der Waals surface area contributed by atoms with Crippen molar-refractivity contribution < 1.29 is 9.59 Å². The van der Waals surface area contributed by atoms with Crippen molar-refractivity contribution in [3.8, 4) is 0 Å². The molecule has 0 saturated carbocycles. The topological polar surface area (TPSA) is 88.9 Å². The van der Waals surface area contributed by atoms with Crippen LogP contribution in [0.25, 0.3) is 0 Å². The number of benzene rings is 2. The molecule has 0 aliphatic heterocycles. The Kier molecular flexibility index (Phi) is 8.90. The number of anilines is 1. The third kappa shape index (κ3) is 6.27. The number of nitrogens with zero attached hydrogens (tertiary/aromatic N) is 3. The molecule has 0 unspecified atom stereocenters. The first-order valence-corrected chi connectivity index (χ1v) is 13.0. The summed E-state index contributed by atoms with van der Waals surface area (Å²) in [4.78, 5) is 25.4. The van der Waals surface area contributed by atoms with Gasteiger partial charge in [-0.25, -0.2) is 0 Å². The molecule has 3 rings (SSSR count). The Labute approximate surface area is 213 Å². The Balaban J connectivity index is 1.72. The van der Waals surface area contributed by atoms with E-state index in [1.54, 1.807) is 12.1 Å². The summed E-state index contributed by atoms with van der Waals surface area (Å²) in [6.07, 6.45) is 0. The van der Waals surface area contributed by atoms with Gasteiger partial charge in [-0.1, -0.05) is 59.7 Å². The van der Waals surface area contributed by atoms with E-state index in [0.29, 0.717) is 23.1 Å². The van der Waals surface area contributed by atoms with Gasteiger partial charge < -0.3 is 15.2 Å². The molecule has 2 aromatic carbocycles. The Hall–Kier alpha value is -2.65. The largest absolute Gasteiger partial charge is 0.342 e. The Morgan fingerprint density at radius 3 is 2.32 bits per heavy atom. The fourth-order valence-corrected chi connectivity index (χ4v) is 5.19. The van der Waals surface area contributed by atoms with Crippen molar-refractivity contribution in [2.75, 3.05) is 11.1 Å². The first-order valence-electron chi connectivity index (χ1n) is 11.2. The third-order valence-electron chi connectivity index (χ3n) is 5.42. The average molecular weight is 545 g/mol. The monoisotopic (exact) mass is 543 g/mol. The lowest BCUT2D eigenvalue weighted by Crippen LogP contribution is -2.33. The van der Waals surface area contributed by atoms with Crippen molar-refractivity contribution in [2.24, 2.45) is 5.92 Å². The maximum atomic E-state index is 12.8. The molecule has 0 spiro atoms. The van der Waals surface area contributed by atoms with E-state index >= 15 is 0 Å². The standard InChI is InChI=1S/C25H30BrN5O2S/c1-6-31-23(21(15(2)3)28-24(33)18-10-8-7-9-11-18)29-30-25(31)34-14-20(32)27-22-16(4)12-19(26)13-17(22)5/h7-13,15,21H,6,14H2,1-5H3,(H,27,32)(H,28,33)/t21-/m0/s1. The predicted molar refractivity (Wildman–Crippen MR) is 140 cm³/mol. The molecule has 0 aliphatic carbocycles. The summed E-state index contributed by atoms with van der Waals surface area (Å²) < 4.78 is 2.95. The molecule has 7 nitrogen and oxygen atoms in total. The van der Waals surface area contributed by atoms with Crippen LogP contribution in [0.4, 0.5) is 5.69 Å². The van der Waals surface area contributed by atoms with Gasteiger partial charge in [-0.05, 0) is 62.1 Å². The molecule has 3 aromatic rings. The number of aryl methyl sites for hydroxylation is 2. The van der Waals surface area contributed by atoms with E-state index in [-0.39, 0.29) is 29.5 Å². The van der Waals surface area contributed by atoms with Crippen molar-refractivity contribution in [2.45, 2.75) is 52.4 Å². The molecule has 34 heavy (non-hydrogen) atoms. The van der Waals surface area contributed by atoms with Crippen LogP contribution in [0.15, 0.2) is 52.1 Å². The van der Waals surface area contributed by atoms with Gasteiger partial charge in [0.2, 0.25) is 5.91 Å². The molecule has 2 amide bonds. The molecule has 1 heterocycles. The third-order valence-corrected chi connectivity index (χ3v) is 6.85. The van der Waals surface area contributed by atoms with Gasteiger partial charge in [0.05, 0.1) is 11.8 Å². The molecule has 0 fully saturated rings. The fraction of sp³-hybridized carbons (Fsp3) is 0.360. The van der Waals surface area contributed by atoms with Crippen molar-refractivity contribution >= 4 is 45.2 Å². The molecular weight excluding hydrogens is 514 g/mol. The molecule has 0 radical (unpaired) electrons. The second-order valence-corrected chi connectivity index (χ2v) is 10.3. The number of aromatic nitrogens is 3. The van der Waals surface area contributed by atoms with E-state index < -0.39 is 0 Å². The first kappa shape index (κ1) is 26.0. The molecule has 180 valence electrons. The summed E-state index contributed by atoms with van der Waals surface area (Å²) in [5.41, 5.74) is 3.42. The molecule has 9 heteroatoms. The van der Waals surface area contributed by atoms with Gasteiger partial charge in [0.15, 0.2) is 11.0 Å². The molecular formula is C25H30BrN5O2S. The van der Waals surface area contributed by atoms with Crippen LogP contribution in [0, 0.1) is 19.8 Å². The number of amides is 2. The van der Waals surface area contributed by atoms with Crippen molar-refractivity contribution in [1.82, 2.24) is 20.1 Å². The number of rotatable bonds is 9. The Morgan fingerprint density at radius 1 is 1.09 bits per heavy atom. The lowest BCUT2D eigenvalue weighted by atomic mass is 10.0. The average Bonchev–Trinajstić information content (AvgIpc) is 3.21. The molecule has 0 bridgehead atoms. The minimum atomic E-state index is -0.309. The van der Waals surface area contributed by atoms with E-state index in [1.807, 2.05) is 69.5 Å². The predicted octanol–water partition coefficient (Wildman–Crippen LogP) is 5.54. The van der Waals surface area contributed by atoms with Crippen LogP contribution in [0.1, 0.15) is 54.1 Å². The maximum absolute atomic E-state index is 12.8. The lowest BCUT2D eigenvalue weighted by molar-refractivity contribution is -0.113. The second-order valence-electron chi connectivity index (χ2n) is 8.40. The lowest BCUT2D eigenvalue weighted by Gasteiger charge is -2.22. The van der Waals surface area contributed by atoms with Gasteiger partial charge in [0.1, 0.15) is 0 Å². The smallest absolute Gasteiger partial charge is 0.251 e. The zero-order valence-electron chi connectivity index (χ0n) is 20.1. The summed E-state index contributed by atoms with van der Waals surface area (Å²) >= 11 is 4.82. The number of carbonyl (C=O) groups is 2. The Morgan fingerprint density at radius 2 is 1.74 bits per heavy atom. The van der Waals surface area contributed by atoms with Crippen molar-refractivity contribution in [1.29, 1.82) is 0 Å². The van der Waals surface area contributed by atoms with Gasteiger partial charge in [-0.2, -0.15) is 0 Å². The summed E-state index contributed by atoms with van der Waals surface area (Å²) in [7, 11) is 0. The second kappa shape index (κ2) is 11.7. The van der Waals surface area contributed by atoms with E-state index in [1.165, 1.54) is 11.8 Å². The van der Waals surface area contributed by atoms with Crippen LogP contribution in [0.5, 0.6) is 0 Å². The van der Waals surface area contributed by atoms with Gasteiger partial charge in [-0.15, -0.1) is 10.2 Å². The van der Waals surface area contributed by atoms with E-state index in [0.717, 1.165) is 21.3 Å². The van der Waals surface area contributed by atoms with Crippen LogP contribution in [-0.4, -0.2) is 32.3 Å². The van der Waals surface area contributed by atoms with Crippen LogP contribution in [-0.2, 0) is 11.3 Å². The SMILES string of the molecule is CCn1c(SCC(=O)Nc2c(C)cc(Br)cc2C)nnc1[C@@H](NC(=O)c1ccccc1)C(C)C. The van der Waals surface area contributed by atoms with Crippen molar-refractivity contribution in [3.63, 3.8) is 0 Å². The fourth-order valence-electron chi connectivity index (χ4n) is 3.69. The van der Waals surface area contributed by atoms with Crippen LogP contribution in [0.2, 0.25) is 0 Å². The molecule has 0 saturated heterocycles. The number of halogens is 1. The van der Waals surface area contributed by atoms with E-state index in [9.17, 15) is 9.59 Å². The Bertz CT molecular complexity index is 1140. The van der Waals surface area contributed by atoms with Gasteiger partial charge in [0, 0.05) is 22.3 Å². The zero-order chi connectivity index (χ0) is 24.8. The molecule has 0 aliphatic rings. The summed E-state index contributed by atoms with van der Waals surface area (Å²) in [5.74, 6) is 0.730. The maximum Gasteiger partial charge on any atom is 0.251 e. The quantitative estimate of drug-likeness (QED) is 0.346. The number of hydrogen-bond acceptors (Lipinski definition) is 5. The van der Waals surface area contributed by atoms with Gasteiger partial charge in [0.25, 0.3) is 5.91 Å². The number of hydrogen-bond donors (Lipinski definition) is 2. The summed E-state index contributed by atoms with van der Waals surface area (Å²) in [6, 6.07) is 12.8. The highest BCUT2D eigenvalue weighted by molar-refractivity contribution is 9.10. The molecule has 1 aromatic heterocycles. The van der Waals surface area contributed by atoms with Gasteiger partial charge >= 0.3 is 0 Å². The van der Waals surface area contributed by atoms with E-state index in [2.05, 4.69) is 36.8 Å². The molecule has 1 atom stereocenters.